The van der Waals surface area contributed by atoms with Gasteiger partial charge in [0.05, 0.1) is 42.7 Å². The van der Waals surface area contributed by atoms with E-state index in [-0.39, 0.29) is 17.7 Å². The van der Waals surface area contributed by atoms with Crippen LogP contribution in [0.5, 0.6) is 17.2 Å². The molecule has 204 valence electrons. The standard InChI is InChI=1S/C27H25BrN2O8S/c1-5-37-26(34)23-14(2)29-27-30(24(23)17-11-19(35-3)20(36-4)12-18(17)28)25(33)21(39-27)10-15-7-6-8-16(9-15)38-13-22(31)32/h6-12,24H,5,13H2,1-4H3,(H,31,32)/b21-10-/t24-/m1/s1. The molecule has 1 aliphatic rings. The number of carbonyl (C=O) groups excluding carboxylic acids is 1. The first kappa shape index (κ1) is 28.1. The van der Waals surface area contributed by atoms with E-state index in [0.29, 0.717) is 47.9 Å². The van der Waals surface area contributed by atoms with Crippen LogP contribution < -0.4 is 29.1 Å². The number of ether oxygens (including phenoxy) is 4. The lowest BCUT2D eigenvalue weighted by molar-refractivity contribution is -0.140. The summed E-state index contributed by atoms with van der Waals surface area (Å²) in [5.41, 5.74) is 1.51. The molecule has 0 fully saturated rings. The molecule has 39 heavy (non-hydrogen) atoms. The lowest BCUT2D eigenvalue weighted by Gasteiger charge is -2.26. The highest BCUT2D eigenvalue weighted by Gasteiger charge is 2.35. The van der Waals surface area contributed by atoms with Gasteiger partial charge in [0.25, 0.3) is 5.56 Å². The third kappa shape index (κ3) is 5.76. The van der Waals surface area contributed by atoms with Gasteiger partial charge < -0.3 is 24.1 Å². The van der Waals surface area contributed by atoms with Crippen molar-refractivity contribution in [3.8, 4) is 17.2 Å². The Bertz CT molecular complexity index is 1660. The number of carboxylic acid groups (broad SMARTS) is 1. The van der Waals surface area contributed by atoms with Gasteiger partial charge in [-0.15, -0.1) is 0 Å². The molecule has 3 aromatic rings. The highest BCUT2D eigenvalue weighted by molar-refractivity contribution is 9.10. The molecular formula is C27H25BrN2O8S. The zero-order valence-electron chi connectivity index (χ0n) is 21.5. The van der Waals surface area contributed by atoms with Crippen LogP contribution in [0.1, 0.15) is 31.0 Å². The first-order valence-corrected chi connectivity index (χ1v) is 13.3. The number of allylic oxidation sites excluding steroid dienone is 1. The van der Waals surface area contributed by atoms with E-state index in [0.717, 1.165) is 0 Å². The molecule has 10 nitrogen and oxygen atoms in total. The molecule has 1 N–H and O–H groups in total. The predicted molar refractivity (Wildman–Crippen MR) is 147 cm³/mol. The van der Waals surface area contributed by atoms with Crippen molar-refractivity contribution in [2.24, 2.45) is 4.99 Å². The molecule has 0 spiro atoms. The fraction of sp³-hybridized carbons (Fsp3) is 0.259. The molecule has 4 rings (SSSR count). The first-order valence-electron chi connectivity index (χ1n) is 11.7. The summed E-state index contributed by atoms with van der Waals surface area (Å²) in [7, 11) is 3.02. The Hall–Kier alpha value is -3.90. The van der Waals surface area contributed by atoms with Crippen LogP contribution in [0.15, 0.2) is 61.9 Å². The van der Waals surface area contributed by atoms with Gasteiger partial charge in [-0.2, -0.15) is 0 Å². The molecule has 0 saturated heterocycles. The van der Waals surface area contributed by atoms with Crippen molar-refractivity contribution in [3.63, 3.8) is 0 Å². The normalized spacial score (nSPS) is 14.9. The number of methoxy groups -OCH3 is 2. The molecule has 1 aromatic heterocycles. The number of esters is 1. The number of carbonyl (C=O) groups is 2. The molecule has 12 heteroatoms. The first-order chi connectivity index (χ1) is 18.7. The average Bonchev–Trinajstić information content (AvgIpc) is 3.20. The molecule has 0 bridgehead atoms. The van der Waals surface area contributed by atoms with Crippen LogP contribution in [0.2, 0.25) is 0 Å². The highest BCUT2D eigenvalue weighted by atomic mass is 79.9. The molecule has 1 atom stereocenters. The monoisotopic (exact) mass is 616 g/mol. The van der Waals surface area contributed by atoms with Gasteiger partial charge in [-0.25, -0.2) is 14.6 Å². The van der Waals surface area contributed by atoms with Gasteiger partial charge in [0.15, 0.2) is 22.9 Å². The van der Waals surface area contributed by atoms with Crippen LogP contribution in [0.4, 0.5) is 0 Å². The third-order valence-corrected chi connectivity index (χ3v) is 7.50. The summed E-state index contributed by atoms with van der Waals surface area (Å²) in [5, 5.41) is 8.88. The number of halogens is 1. The van der Waals surface area contributed by atoms with Crippen LogP contribution in [0.3, 0.4) is 0 Å². The molecule has 2 aromatic carbocycles. The van der Waals surface area contributed by atoms with Crippen molar-refractivity contribution < 1.29 is 33.6 Å². The summed E-state index contributed by atoms with van der Waals surface area (Å²) >= 11 is 4.75. The molecule has 0 amide bonds. The molecule has 0 aliphatic carbocycles. The zero-order valence-corrected chi connectivity index (χ0v) is 23.9. The van der Waals surface area contributed by atoms with Gasteiger partial charge in [0, 0.05) is 4.47 Å². The number of hydrogen-bond acceptors (Lipinski definition) is 9. The topological polar surface area (TPSA) is 126 Å². The van der Waals surface area contributed by atoms with Crippen molar-refractivity contribution in [1.82, 2.24) is 4.57 Å². The summed E-state index contributed by atoms with van der Waals surface area (Å²) in [6.45, 7) is 3.08. The zero-order chi connectivity index (χ0) is 28.3. The van der Waals surface area contributed by atoms with Crippen LogP contribution >= 0.6 is 27.3 Å². The quantitative estimate of drug-likeness (QED) is 0.364. The fourth-order valence-corrected chi connectivity index (χ4v) is 5.74. The Kier molecular flexibility index (Phi) is 8.56. The van der Waals surface area contributed by atoms with E-state index in [9.17, 15) is 14.4 Å². The Morgan fingerprint density at radius 3 is 2.56 bits per heavy atom. The summed E-state index contributed by atoms with van der Waals surface area (Å²) in [6, 6.07) is 9.30. The minimum atomic E-state index is -1.09. The van der Waals surface area contributed by atoms with Crippen molar-refractivity contribution in [2.45, 2.75) is 19.9 Å². The molecule has 1 aliphatic heterocycles. The maximum absolute atomic E-state index is 13.9. The number of rotatable bonds is 9. The van der Waals surface area contributed by atoms with Gasteiger partial charge in [-0.05, 0) is 55.3 Å². The van der Waals surface area contributed by atoms with Gasteiger partial charge in [-0.1, -0.05) is 39.4 Å². The number of aromatic nitrogens is 1. The molecule has 0 saturated carbocycles. The average molecular weight is 617 g/mol. The molecule has 0 radical (unpaired) electrons. The van der Waals surface area contributed by atoms with Crippen molar-refractivity contribution in [1.29, 1.82) is 0 Å². The summed E-state index contributed by atoms with van der Waals surface area (Å²) in [4.78, 5) is 42.9. The maximum atomic E-state index is 13.9. The number of nitrogens with zero attached hydrogens (tertiary/aromatic N) is 2. The van der Waals surface area contributed by atoms with Gasteiger partial charge in [0.1, 0.15) is 5.75 Å². The number of benzene rings is 2. The summed E-state index contributed by atoms with van der Waals surface area (Å²) < 4.78 is 23.9. The fourth-order valence-electron chi connectivity index (χ4n) is 4.16. The van der Waals surface area contributed by atoms with Gasteiger partial charge in [0.2, 0.25) is 0 Å². The maximum Gasteiger partial charge on any atom is 0.341 e. The Labute approximate surface area is 235 Å². The van der Waals surface area contributed by atoms with E-state index >= 15 is 0 Å². The second kappa shape index (κ2) is 11.9. The molecular weight excluding hydrogens is 592 g/mol. The smallest absolute Gasteiger partial charge is 0.341 e. The summed E-state index contributed by atoms with van der Waals surface area (Å²) in [6.07, 6.45) is 1.67. The van der Waals surface area contributed by atoms with E-state index in [4.69, 9.17) is 24.1 Å². The molecule has 0 unspecified atom stereocenters. The van der Waals surface area contributed by atoms with Crippen LogP contribution in [0.25, 0.3) is 6.08 Å². The number of carboxylic acids is 1. The van der Waals surface area contributed by atoms with Crippen molar-refractivity contribution >= 4 is 45.3 Å². The SMILES string of the molecule is CCOC(=O)C1=C(C)N=c2s/c(=C\c3cccc(OCC(=O)O)c3)c(=O)n2[C@@H]1c1cc(OC)c(OC)cc1Br. The second-order valence-corrected chi connectivity index (χ2v) is 10.1. The van der Waals surface area contributed by atoms with E-state index in [2.05, 4.69) is 20.9 Å². The number of hydrogen-bond donors (Lipinski definition) is 1. The number of fused-ring (bicyclic) bond motifs is 1. The molecule has 2 heterocycles. The second-order valence-electron chi connectivity index (χ2n) is 8.29. The van der Waals surface area contributed by atoms with Gasteiger partial charge in [-0.3, -0.25) is 9.36 Å². The largest absolute Gasteiger partial charge is 0.493 e. The third-order valence-electron chi connectivity index (χ3n) is 5.83. The Morgan fingerprint density at radius 2 is 1.90 bits per heavy atom. The Balaban J connectivity index is 1.93. The van der Waals surface area contributed by atoms with E-state index in [1.54, 1.807) is 56.3 Å². The predicted octanol–water partition coefficient (Wildman–Crippen LogP) is 3.04. The van der Waals surface area contributed by atoms with Crippen molar-refractivity contribution in [2.75, 3.05) is 27.4 Å². The summed E-state index contributed by atoms with van der Waals surface area (Å²) in [5.74, 6) is -0.421. The number of thiazole rings is 1. The minimum absolute atomic E-state index is 0.153. The van der Waals surface area contributed by atoms with Crippen LogP contribution in [-0.2, 0) is 14.3 Å². The minimum Gasteiger partial charge on any atom is -0.493 e. The van der Waals surface area contributed by atoms with E-state index in [1.165, 1.54) is 30.1 Å². The lowest BCUT2D eigenvalue weighted by Crippen LogP contribution is -2.40. The van der Waals surface area contributed by atoms with Crippen molar-refractivity contribution in [3.05, 3.63) is 83.0 Å². The van der Waals surface area contributed by atoms with Crippen LogP contribution in [-0.4, -0.2) is 49.0 Å². The van der Waals surface area contributed by atoms with E-state index < -0.39 is 24.6 Å². The van der Waals surface area contributed by atoms with Gasteiger partial charge >= 0.3 is 11.9 Å². The number of aliphatic carboxylic acids is 1. The highest BCUT2D eigenvalue weighted by Crippen LogP contribution is 2.40. The van der Waals surface area contributed by atoms with E-state index in [1.807, 2.05) is 0 Å². The Morgan fingerprint density at radius 1 is 1.18 bits per heavy atom. The lowest BCUT2D eigenvalue weighted by atomic mass is 9.95. The van der Waals surface area contributed by atoms with Crippen LogP contribution in [0, 0.1) is 0 Å².